The van der Waals surface area contributed by atoms with Crippen molar-refractivity contribution in [3.63, 3.8) is 0 Å². The van der Waals surface area contributed by atoms with E-state index in [9.17, 15) is 8.42 Å². The zero-order valence-electron chi connectivity index (χ0n) is 10.5. The van der Waals surface area contributed by atoms with Crippen LogP contribution in [0.4, 0.5) is 0 Å². The first-order valence-electron chi connectivity index (χ1n) is 6.11. The summed E-state index contributed by atoms with van der Waals surface area (Å²) in [6.45, 7) is 2.88. The summed E-state index contributed by atoms with van der Waals surface area (Å²) in [6.07, 6.45) is 1.76. The van der Waals surface area contributed by atoms with Gasteiger partial charge in [0.2, 0.25) is 10.0 Å². The normalized spacial score (nSPS) is 24.4. The molecule has 0 spiro atoms. The molecule has 1 aromatic rings. The maximum atomic E-state index is 12.3. The Kier molecular flexibility index (Phi) is 4.74. The molecule has 0 saturated carbocycles. The largest absolute Gasteiger partial charge is 0.313 e. The SMILES string of the molecule is CC1NCCCC1NS(=O)(=O)c1cccc(Cl)c1Cl. The van der Waals surface area contributed by atoms with Crippen molar-refractivity contribution in [1.82, 2.24) is 10.0 Å². The first-order valence-corrected chi connectivity index (χ1v) is 8.35. The molecule has 19 heavy (non-hydrogen) atoms. The van der Waals surface area contributed by atoms with E-state index >= 15 is 0 Å². The van der Waals surface area contributed by atoms with E-state index in [2.05, 4.69) is 10.0 Å². The number of piperidine rings is 1. The summed E-state index contributed by atoms with van der Waals surface area (Å²) in [7, 11) is -3.65. The maximum absolute atomic E-state index is 12.3. The van der Waals surface area contributed by atoms with Gasteiger partial charge in [0.25, 0.3) is 0 Å². The molecule has 0 aliphatic carbocycles. The minimum Gasteiger partial charge on any atom is -0.313 e. The van der Waals surface area contributed by atoms with Gasteiger partial charge in [0.05, 0.1) is 10.0 Å². The first-order chi connectivity index (χ1) is 8.92. The van der Waals surface area contributed by atoms with Crippen LogP contribution in [0.3, 0.4) is 0 Å². The third-order valence-corrected chi connectivity index (χ3v) is 5.74. The van der Waals surface area contributed by atoms with E-state index in [1.54, 1.807) is 12.1 Å². The van der Waals surface area contributed by atoms with E-state index in [-0.39, 0.29) is 27.0 Å². The Morgan fingerprint density at radius 3 is 2.79 bits per heavy atom. The average Bonchev–Trinajstić information content (AvgIpc) is 2.35. The molecule has 1 aliphatic rings. The van der Waals surface area contributed by atoms with Crippen LogP contribution in [0.5, 0.6) is 0 Å². The van der Waals surface area contributed by atoms with Gasteiger partial charge in [0, 0.05) is 12.1 Å². The molecule has 2 unspecified atom stereocenters. The van der Waals surface area contributed by atoms with Crippen LogP contribution in [-0.2, 0) is 10.0 Å². The van der Waals surface area contributed by atoms with E-state index in [0.717, 1.165) is 19.4 Å². The molecule has 2 N–H and O–H groups in total. The smallest absolute Gasteiger partial charge is 0.242 e. The summed E-state index contributed by atoms with van der Waals surface area (Å²) in [6, 6.07) is 4.56. The highest BCUT2D eigenvalue weighted by atomic mass is 35.5. The zero-order chi connectivity index (χ0) is 14.0. The van der Waals surface area contributed by atoms with Gasteiger partial charge in [-0.3, -0.25) is 0 Å². The van der Waals surface area contributed by atoms with E-state index in [1.807, 2.05) is 6.92 Å². The Balaban J connectivity index is 2.25. The number of hydrogen-bond donors (Lipinski definition) is 2. The molecule has 2 atom stereocenters. The lowest BCUT2D eigenvalue weighted by atomic mass is 10.0. The first kappa shape index (κ1) is 15.1. The average molecular weight is 323 g/mol. The molecule has 0 aromatic heterocycles. The van der Waals surface area contributed by atoms with Gasteiger partial charge in [-0.25, -0.2) is 13.1 Å². The third kappa shape index (κ3) is 3.41. The predicted molar refractivity (Wildman–Crippen MR) is 77.3 cm³/mol. The van der Waals surface area contributed by atoms with E-state index in [4.69, 9.17) is 23.2 Å². The minimum atomic E-state index is -3.65. The van der Waals surface area contributed by atoms with Gasteiger partial charge in [0.15, 0.2) is 0 Å². The Hall–Kier alpha value is -0.330. The van der Waals surface area contributed by atoms with Crippen LogP contribution in [0.2, 0.25) is 10.0 Å². The van der Waals surface area contributed by atoms with Crippen LogP contribution in [0, 0.1) is 0 Å². The molecule has 0 bridgehead atoms. The van der Waals surface area contributed by atoms with Crippen molar-refractivity contribution in [3.8, 4) is 0 Å². The molecule has 1 saturated heterocycles. The van der Waals surface area contributed by atoms with E-state index < -0.39 is 10.0 Å². The number of rotatable bonds is 3. The van der Waals surface area contributed by atoms with Gasteiger partial charge in [0.1, 0.15) is 4.90 Å². The Morgan fingerprint density at radius 2 is 2.11 bits per heavy atom. The lowest BCUT2D eigenvalue weighted by molar-refractivity contribution is 0.349. The summed E-state index contributed by atoms with van der Waals surface area (Å²) in [5, 5.41) is 3.54. The fourth-order valence-electron chi connectivity index (χ4n) is 2.16. The van der Waals surface area contributed by atoms with E-state index in [1.165, 1.54) is 6.07 Å². The third-order valence-electron chi connectivity index (χ3n) is 3.27. The molecule has 1 fully saturated rings. The molecular formula is C12H16Cl2N2O2S. The summed E-state index contributed by atoms with van der Waals surface area (Å²) in [4.78, 5) is 0.0273. The van der Waals surface area contributed by atoms with Gasteiger partial charge in [-0.2, -0.15) is 0 Å². The van der Waals surface area contributed by atoms with Crippen molar-refractivity contribution in [2.24, 2.45) is 0 Å². The van der Waals surface area contributed by atoms with Gasteiger partial charge in [-0.15, -0.1) is 0 Å². The highest BCUT2D eigenvalue weighted by molar-refractivity contribution is 7.89. The molecule has 1 aromatic carbocycles. The van der Waals surface area contributed by atoms with Crippen molar-refractivity contribution in [3.05, 3.63) is 28.2 Å². The maximum Gasteiger partial charge on any atom is 0.242 e. The van der Waals surface area contributed by atoms with Crippen molar-refractivity contribution in [1.29, 1.82) is 0 Å². The summed E-state index contributed by atoms with van der Waals surface area (Å²) < 4.78 is 27.4. The summed E-state index contributed by atoms with van der Waals surface area (Å²) in [5.74, 6) is 0. The second kappa shape index (κ2) is 5.97. The van der Waals surface area contributed by atoms with Crippen molar-refractivity contribution in [2.75, 3.05) is 6.54 Å². The van der Waals surface area contributed by atoms with Gasteiger partial charge in [-0.1, -0.05) is 29.3 Å². The number of benzene rings is 1. The molecule has 0 radical (unpaired) electrons. The predicted octanol–water partition coefficient (Wildman–Crippen LogP) is 2.41. The highest BCUT2D eigenvalue weighted by Crippen LogP contribution is 2.29. The zero-order valence-corrected chi connectivity index (χ0v) is 12.8. The van der Waals surface area contributed by atoms with Crippen LogP contribution in [0.25, 0.3) is 0 Å². The summed E-state index contributed by atoms with van der Waals surface area (Å²) in [5.41, 5.74) is 0. The fourth-order valence-corrected chi connectivity index (χ4v) is 4.27. The Morgan fingerprint density at radius 1 is 1.37 bits per heavy atom. The van der Waals surface area contributed by atoms with Crippen molar-refractivity contribution < 1.29 is 8.42 Å². The standard InChI is InChI=1S/C12H16Cl2N2O2S/c1-8-10(5-3-7-15-8)16-19(17,18)11-6-2-4-9(13)12(11)14/h2,4,6,8,10,15-16H,3,5,7H2,1H3. The van der Waals surface area contributed by atoms with Crippen LogP contribution < -0.4 is 10.0 Å². The quantitative estimate of drug-likeness (QED) is 0.898. The van der Waals surface area contributed by atoms with Crippen LogP contribution in [-0.4, -0.2) is 27.0 Å². The minimum absolute atomic E-state index is 0.0273. The molecule has 1 heterocycles. The molecule has 0 amide bonds. The lowest BCUT2D eigenvalue weighted by Gasteiger charge is -2.30. The fraction of sp³-hybridized carbons (Fsp3) is 0.500. The monoisotopic (exact) mass is 322 g/mol. The molecule has 7 heteroatoms. The van der Waals surface area contributed by atoms with Crippen LogP contribution in [0.1, 0.15) is 19.8 Å². The number of hydrogen-bond acceptors (Lipinski definition) is 3. The lowest BCUT2D eigenvalue weighted by Crippen LogP contribution is -2.51. The number of nitrogens with one attached hydrogen (secondary N) is 2. The second-order valence-electron chi connectivity index (χ2n) is 4.66. The number of sulfonamides is 1. The van der Waals surface area contributed by atoms with E-state index in [0.29, 0.717) is 0 Å². The molecule has 4 nitrogen and oxygen atoms in total. The highest BCUT2D eigenvalue weighted by Gasteiger charge is 2.28. The molecule has 106 valence electrons. The van der Waals surface area contributed by atoms with Crippen LogP contribution >= 0.6 is 23.2 Å². The van der Waals surface area contributed by atoms with Gasteiger partial charge in [-0.05, 0) is 38.4 Å². The van der Waals surface area contributed by atoms with Gasteiger partial charge >= 0.3 is 0 Å². The number of halogens is 2. The topological polar surface area (TPSA) is 58.2 Å². The second-order valence-corrected chi connectivity index (χ2v) is 7.13. The van der Waals surface area contributed by atoms with Gasteiger partial charge < -0.3 is 5.32 Å². The van der Waals surface area contributed by atoms with Crippen LogP contribution in [0.15, 0.2) is 23.1 Å². The Labute approximate surface area is 123 Å². The molecule has 1 aliphatic heterocycles. The Bertz CT molecular complexity index is 563. The van der Waals surface area contributed by atoms with Crippen molar-refractivity contribution >= 4 is 33.2 Å². The summed E-state index contributed by atoms with van der Waals surface area (Å²) >= 11 is 11.8. The molecular weight excluding hydrogens is 307 g/mol. The van der Waals surface area contributed by atoms with Crippen molar-refractivity contribution in [2.45, 2.75) is 36.7 Å². The molecule has 2 rings (SSSR count).